The van der Waals surface area contributed by atoms with Crippen molar-refractivity contribution in [2.24, 2.45) is 0 Å². The van der Waals surface area contributed by atoms with Gasteiger partial charge in [-0.15, -0.1) is 0 Å². The second-order valence-electron chi connectivity index (χ2n) is 4.32. The van der Waals surface area contributed by atoms with Crippen LogP contribution in [0.2, 0.25) is 0 Å². The number of fused-ring (bicyclic) bond motifs is 1. The number of anilines is 1. The number of nitrogens with zero attached hydrogens (tertiary/aromatic N) is 1. The van der Waals surface area contributed by atoms with E-state index in [2.05, 4.69) is 0 Å². The van der Waals surface area contributed by atoms with Gasteiger partial charge in [0.2, 0.25) is 5.91 Å². The number of carbonyl (C=O) groups excluding carboxylic acids is 2. The number of carbonyl (C=O) groups is 2. The Balaban J connectivity index is 2.75. The van der Waals surface area contributed by atoms with E-state index in [0.29, 0.717) is 5.56 Å². The maximum absolute atomic E-state index is 12.1. The molecule has 0 bridgehead atoms. The molecule has 18 heavy (non-hydrogen) atoms. The maximum Gasteiger partial charge on any atom is 0.245 e. The van der Waals surface area contributed by atoms with Gasteiger partial charge < -0.3 is 4.90 Å². The molecule has 1 aliphatic heterocycles. The van der Waals surface area contributed by atoms with E-state index >= 15 is 0 Å². The molecule has 0 spiro atoms. The van der Waals surface area contributed by atoms with Crippen LogP contribution in [0.15, 0.2) is 23.1 Å². The standard InChI is InChI=1S/C12H13NO4S/c1-7(14)9-4-5-11-10(6-9)13(3)12(15)8(2)18(11,16)17/h4-6,8H,1-3H3. The van der Waals surface area contributed by atoms with Gasteiger partial charge in [-0.2, -0.15) is 0 Å². The lowest BCUT2D eigenvalue weighted by molar-refractivity contribution is -0.117. The van der Waals surface area contributed by atoms with Crippen LogP contribution in [0.5, 0.6) is 0 Å². The number of rotatable bonds is 1. The Morgan fingerprint density at radius 3 is 2.50 bits per heavy atom. The minimum Gasteiger partial charge on any atom is -0.313 e. The van der Waals surface area contributed by atoms with Gasteiger partial charge in [-0.25, -0.2) is 8.42 Å². The van der Waals surface area contributed by atoms with E-state index in [1.165, 1.54) is 44.0 Å². The molecule has 0 aromatic heterocycles. The highest BCUT2D eigenvalue weighted by molar-refractivity contribution is 7.93. The largest absolute Gasteiger partial charge is 0.313 e. The van der Waals surface area contributed by atoms with Crippen LogP contribution in [0, 0.1) is 0 Å². The van der Waals surface area contributed by atoms with Crippen molar-refractivity contribution in [1.82, 2.24) is 0 Å². The fourth-order valence-corrected chi connectivity index (χ4v) is 3.50. The predicted octanol–water partition coefficient (Wildman–Crippen LogP) is 1.03. The van der Waals surface area contributed by atoms with Crippen molar-refractivity contribution < 1.29 is 18.0 Å². The smallest absolute Gasteiger partial charge is 0.245 e. The van der Waals surface area contributed by atoms with Crippen molar-refractivity contribution >= 4 is 27.2 Å². The molecule has 0 saturated heterocycles. The molecule has 0 aliphatic carbocycles. The average molecular weight is 267 g/mol. The predicted molar refractivity (Wildman–Crippen MR) is 66.5 cm³/mol. The van der Waals surface area contributed by atoms with Crippen molar-refractivity contribution in [2.75, 3.05) is 11.9 Å². The molecule has 6 heteroatoms. The third-order valence-corrected chi connectivity index (χ3v) is 5.27. The number of hydrogen-bond acceptors (Lipinski definition) is 4. The zero-order valence-corrected chi connectivity index (χ0v) is 11.1. The van der Waals surface area contributed by atoms with E-state index in [0.717, 1.165) is 0 Å². The molecule has 0 radical (unpaired) electrons. The average Bonchev–Trinajstić information content (AvgIpc) is 2.33. The molecule has 1 aromatic rings. The van der Waals surface area contributed by atoms with Crippen molar-refractivity contribution in [3.05, 3.63) is 23.8 Å². The molecule has 1 unspecified atom stereocenters. The second-order valence-corrected chi connectivity index (χ2v) is 6.56. The number of sulfone groups is 1. The molecule has 96 valence electrons. The Kier molecular flexibility index (Phi) is 2.77. The van der Waals surface area contributed by atoms with Gasteiger partial charge in [-0.05, 0) is 32.0 Å². The second kappa shape index (κ2) is 3.91. The molecule has 1 aliphatic rings. The first-order valence-corrected chi connectivity index (χ1v) is 6.98. The molecule has 5 nitrogen and oxygen atoms in total. The van der Waals surface area contributed by atoms with Crippen LogP contribution in [0.1, 0.15) is 24.2 Å². The summed E-state index contributed by atoms with van der Waals surface area (Å²) in [6, 6.07) is 4.30. The lowest BCUT2D eigenvalue weighted by Crippen LogP contribution is -2.44. The normalized spacial score (nSPS) is 21.6. The van der Waals surface area contributed by atoms with E-state index in [1.54, 1.807) is 0 Å². The van der Waals surface area contributed by atoms with Crippen LogP contribution in [-0.4, -0.2) is 32.4 Å². The maximum atomic E-state index is 12.1. The summed E-state index contributed by atoms with van der Waals surface area (Å²) in [5, 5.41) is -1.09. The summed E-state index contributed by atoms with van der Waals surface area (Å²) in [4.78, 5) is 24.5. The van der Waals surface area contributed by atoms with Crippen LogP contribution in [-0.2, 0) is 14.6 Å². The summed E-state index contributed by atoms with van der Waals surface area (Å²) in [7, 11) is -2.14. The summed E-state index contributed by atoms with van der Waals surface area (Å²) >= 11 is 0. The topological polar surface area (TPSA) is 71.5 Å². The molecule has 1 atom stereocenters. The highest BCUT2D eigenvalue weighted by Gasteiger charge is 2.40. The van der Waals surface area contributed by atoms with Crippen LogP contribution in [0.3, 0.4) is 0 Å². The van der Waals surface area contributed by atoms with Gasteiger partial charge in [0.25, 0.3) is 0 Å². The minimum atomic E-state index is -3.65. The molecular formula is C12H13NO4S. The van der Waals surface area contributed by atoms with Gasteiger partial charge in [0.1, 0.15) is 5.25 Å². The summed E-state index contributed by atoms with van der Waals surface area (Å²) in [6.07, 6.45) is 0. The van der Waals surface area contributed by atoms with E-state index in [1.807, 2.05) is 0 Å². The van der Waals surface area contributed by atoms with Gasteiger partial charge in [0.05, 0.1) is 10.6 Å². The van der Waals surface area contributed by atoms with Crippen molar-refractivity contribution in [2.45, 2.75) is 24.0 Å². The van der Waals surface area contributed by atoms with Crippen molar-refractivity contribution in [3.8, 4) is 0 Å². The Hall–Kier alpha value is -1.69. The highest BCUT2D eigenvalue weighted by Crippen LogP contribution is 2.34. The van der Waals surface area contributed by atoms with Gasteiger partial charge in [0.15, 0.2) is 15.6 Å². The zero-order chi connectivity index (χ0) is 13.7. The van der Waals surface area contributed by atoms with Crippen molar-refractivity contribution in [1.29, 1.82) is 0 Å². The first kappa shape index (κ1) is 12.8. The highest BCUT2D eigenvalue weighted by atomic mass is 32.2. The molecule has 0 N–H and O–H groups in total. The lowest BCUT2D eigenvalue weighted by Gasteiger charge is -2.29. The van der Waals surface area contributed by atoms with Crippen molar-refractivity contribution in [3.63, 3.8) is 0 Å². The minimum absolute atomic E-state index is 0.0992. The Bertz CT molecular complexity index is 648. The van der Waals surface area contributed by atoms with Gasteiger partial charge in [0, 0.05) is 12.6 Å². The Labute approximate surface area is 105 Å². The molecule has 0 saturated carbocycles. The Morgan fingerprint density at radius 2 is 1.94 bits per heavy atom. The fraction of sp³-hybridized carbons (Fsp3) is 0.333. The molecule has 1 aromatic carbocycles. The van der Waals surface area contributed by atoms with Crippen LogP contribution in [0.25, 0.3) is 0 Å². The number of ketones is 1. The summed E-state index contributed by atoms with van der Waals surface area (Å²) in [5.74, 6) is -0.655. The molecule has 1 heterocycles. The monoisotopic (exact) mass is 267 g/mol. The van der Waals surface area contributed by atoms with Gasteiger partial charge >= 0.3 is 0 Å². The first-order valence-electron chi connectivity index (χ1n) is 5.43. The zero-order valence-electron chi connectivity index (χ0n) is 10.3. The Morgan fingerprint density at radius 1 is 1.33 bits per heavy atom. The molecular weight excluding hydrogens is 254 g/mol. The third-order valence-electron chi connectivity index (χ3n) is 3.18. The first-order chi connectivity index (χ1) is 8.26. The van der Waals surface area contributed by atoms with Gasteiger partial charge in [-0.3, -0.25) is 9.59 Å². The van der Waals surface area contributed by atoms with E-state index < -0.39 is 21.0 Å². The van der Waals surface area contributed by atoms with E-state index in [9.17, 15) is 18.0 Å². The summed E-state index contributed by atoms with van der Waals surface area (Å²) in [6.45, 7) is 2.76. The summed E-state index contributed by atoms with van der Waals surface area (Å²) < 4.78 is 24.2. The molecule has 1 amide bonds. The SMILES string of the molecule is CC(=O)c1ccc2c(c1)N(C)C(=O)C(C)S2(=O)=O. The fourth-order valence-electron chi connectivity index (χ4n) is 1.95. The van der Waals surface area contributed by atoms with Crippen LogP contribution >= 0.6 is 0 Å². The van der Waals surface area contributed by atoms with Crippen LogP contribution in [0.4, 0.5) is 5.69 Å². The van der Waals surface area contributed by atoms with E-state index in [4.69, 9.17) is 0 Å². The number of Topliss-reactive ketones (excluding diaryl/α,β-unsaturated/α-hetero) is 1. The molecule has 0 fully saturated rings. The number of hydrogen-bond donors (Lipinski definition) is 0. The lowest BCUT2D eigenvalue weighted by atomic mass is 10.1. The summed E-state index contributed by atoms with van der Waals surface area (Å²) in [5.41, 5.74) is 0.656. The van der Waals surface area contributed by atoms with Gasteiger partial charge in [-0.1, -0.05) is 0 Å². The quantitative estimate of drug-likeness (QED) is 0.712. The number of amides is 1. The third kappa shape index (κ3) is 1.64. The van der Waals surface area contributed by atoms with Crippen LogP contribution < -0.4 is 4.90 Å². The number of benzene rings is 1. The van der Waals surface area contributed by atoms with E-state index in [-0.39, 0.29) is 16.4 Å². The molecule has 2 rings (SSSR count).